The van der Waals surface area contributed by atoms with E-state index in [0.29, 0.717) is 12.5 Å². The maximum Gasteiger partial charge on any atom is 0.233 e. The second kappa shape index (κ2) is 5.24. The van der Waals surface area contributed by atoms with Gasteiger partial charge in [0.05, 0.1) is 16.6 Å². The molecule has 24 heavy (non-hydrogen) atoms. The summed E-state index contributed by atoms with van der Waals surface area (Å²) in [6, 6.07) is 8.72. The molecule has 3 aromatic rings. The van der Waals surface area contributed by atoms with Crippen LogP contribution in [0.2, 0.25) is 0 Å². The first-order valence-electron chi connectivity index (χ1n) is 8.01. The monoisotopic (exact) mass is 337 g/mol. The molecule has 2 aliphatic rings. The summed E-state index contributed by atoms with van der Waals surface area (Å²) in [4.78, 5) is 27.1. The summed E-state index contributed by atoms with van der Waals surface area (Å²) in [5.74, 6) is 0.923. The van der Waals surface area contributed by atoms with E-state index in [2.05, 4.69) is 26.3 Å². The summed E-state index contributed by atoms with van der Waals surface area (Å²) in [5.41, 5.74) is 1.96. The van der Waals surface area contributed by atoms with E-state index in [4.69, 9.17) is 0 Å². The highest BCUT2D eigenvalue weighted by Crippen LogP contribution is 2.37. The average molecular weight is 337 g/mol. The van der Waals surface area contributed by atoms with Gasteiger partial charge in [-0.3, -0.25) is 9.69 Å². The minimum Gasteiger partial charge on any atom is -0.359 e. The number of benzene rings is 1. The Labute approximate surface area is 142 Å². The van der Waals surface area contributed by atoms with Gasteiger partial charge in [0, 0.05) is 23.8 Å². The molecule has 7 heteroatoms. The number of amides is 1. The molecule has 0 bridgehead atoms. The van der Waals surface area contributed by atoms with E-state index in [9.17, 15) is 4.79 Å². The zero-order valence-corrected chi connectivity index (χ0v) is 13.7. The lowest BCUT2D eigenvalue weighted by atomic mass is 9.85. The van der Waals surface area contributed by atoms with Gasteiger partial charge in [0.2, 0.25) is 5.91 Å². The molecule has 120 valence electrons. The second-order valence-corrected chi connectivity index (χ2v) is 7.30. The Morgan fingerprint density at radius 3 is 3.00 bits per heavy atom. The number of nitrogens with one attached hydrogen (secondary N) is 1. The van der Waals surface area contributed by atoms with Crippen LogP contribution in [0.25, 0.3) is 10.2 Å². The van der Waals surface area contributed by atoms with Crippen LogP contribution in [-0.4, -0.2) is 32.9 Å². The van der Waals surface area contributed by atoms with E-state index in [1.165, 1.54) is 11.0 Å². The lowest BCUT2D eigenvalue weighted by molar-refractivity contribution is -0.118. The predicted molar refractivity (Wildman–Crippen MR) is 93.3 cm³/mol. The zero-order chi connectivity index (χ0) is 16.1. The van der Waals surface area contributed by atoms with Gasteiger partial charge in [-0.25, -0.2) is 15.0 Å². The molecule has 0 unspecified atom stereocenters. The van der Waals surface area contributed by atoms with Crippen LogP contribution in [0, 0.1) is 0 Å². The fourth-order valence-corrected chi connectivity index (χ4v) is 4.40. The fourth-order valence-electron chi connectivity index (χ4n) is 3.46. The number of carbonyl (C=O) groups is 1. The smallest absolute Gasteiger partial charge is 0.233 e. The van der Waals surface area contributed by atoms with Crippen LogP contribution < -0.4 is 10.2 Å². The van der Waals surface area contributed by atoms with Crippen molar-refractivity contribution in [2.24, 2.45) is 0 Å². The van der Waals surface area contributed by atoms with Crippen molar-refractivity contribution in [1.29, 1.82) is 0 Å². The maximum absolute atomic E-state index is 12.3. The Morgan fingerprint density at radius 2 is 2.12 bits per heavy atom. The van der Waals surface area contributed by atoms with Crippen LogP contribution >= 0.6 is 11.3 Å². The first-order valence-corrected chi connectivity index (χ1v) is 8.82. The van der Waals surface area contributed by atoms with Crippen molar-refractivity contribution in [3.63, 3.8) is 0 Å². The molecule has 1 amide bonds. The van der Waals surface area contributed by atoms with E-state index in [0.717, 1.165) is 34.9 Å². The van der Waals surface area contributed by atoms with Crippen LogP contribution in [0.15, 0.2) is 36.8 Å². The molecule has 6 nitrogen and oxygen atoms in total. The minimum atomic E-state index is 0.133. The third-order valence-electron chi connectivity index (χ3n) is 4.70. The number of aromatic nitrogens is 3. The van der Waals surface area contributed by atoms with Gasteiger partial charge >= 0.3 is 0 Å². The topological polar surface area (TPSA) is 71.0 Å². The van der Waals surface area contributed by atoms with Gasteiger partial charge in [-0.15, -0.1) is 0 Å². The van der Waals surface area contributed by atoms with Crippen molar-refractivity contribution in [3.8, 4) is 0 Å². The van der Waals surface area contributed by atoms with Crippen molar-refractivity contribution < 1.29 is 4.79 Å². The normalized spacial score (nSPS) is 22.5. The van der Waals surface area contributed by atoms with Gasteiger partial charge in [-0.1, -0.05) is 23.5 Å². The number of fused-ring (bicyclic) bond motifs is 2. The molecule has 0 radical (unpaired) electrons. The maximum atomic E-state index is 12.3. The molecule has 1 fully saturated rings. The number of rotatable bonds is 3. The fraction of sp³-hybridized carbons (Fsp3) is 0.294. The molecule has 1 N–H and O–H groups in total. The van der Waals surface area contributed by atoms with Gasteiger partial charge in [0.15, 0.2) is 5.13 Å². The van der Waals surface area contributed by atoms with Crippen LogP contribution in [0.3, 0.4) is 0 Å². The Bertz CT molecular complexity index is 900. The Kier molecular flexibility index (Phi) is 3.02. The first-order chi connectivity index (χ1) is 11.8. The summed E-state index contributed by atoms with van der Waals surface area (Å²) in [6.45, 7) is 0. The number of hydrogen-bond donors (Lipinski definition) is 1. The van der Waals surface area contributed by atoms with Crippen LogP contribution in [-0.2, 0) is 11.2 Å². The van der Waals surface area contributed by atoms with Crippen molar-refractivity contribution in [1.82, 2.24) is 15.0 Å². The second-order valence-electron chi connectivity index (χ2n) is 6.27. The highest BCUT2D eigenvalue weighted by molar-refractivity contribution is 7.22. The van der Waals surface area contributed by atoms with Gasteiger partial charge in [-0.2, -0.15) is 0 Å². The highest BCUT2D eigenvalue weighted by atomic mass is 32.1. The van der Waals surface area contributed by atoms with Crippen LogP contribution in [0.4, 0.5) is 10.9 Å². The molecule has 0 saturated heterocycles. The lowest BCUT2D eigenvalue weighted by Crippen LogP contribution is -2.51. The molecule has 1 aliphatic carbocycles. The predicted octanol–water partition coefficient (Wildman–Crippen LogP) is 2.62. The summed E-state index contributed by atoms with van der Waals surface area (Å²) < 4.78 is 1.19. The lowest BCUT2D eigenvalue weighted by Gasteiger charge is -2.41. The largest absolute Gasteiger partial charge is 0.359 e. The number of nitrogens with zero attached hydrogens (tertiary/aromatic N) is 4. The van der Waals surface area contributed by atoms with Crippen molar-refractivity contribution >= 4 is 38.4 Å². The molecular formula is C17H15N5OS. The van der Waals surface area contributed by atoms with Crippen LogP contribution in [0.5, 0.6) is 0 Å². The van der Waals surface area contributed by atoms with Gasteiger partial charge in [0.25, 0.3) is 0 Å². The van der Waals surface area contributed by atoms with Gasteiger partial charge < -0.3 is 5.32 Å². The molecule has 2 aromatic heterocycles. The molecule has 5 rings (SSSR count). The number of para-hydroxylation sites is 1. The number of thiazole rings is 1. The highest BCUT2D eigenvalue weighted by Gasteiger charge is 2.41. The molecule has 1 aromatic carbocycles. The average Bonchev–Trinajstić information content (AvgIpc) is 3.10. The third-order valence-corrected chi connectivity index (χ3v) is 5.67. The van der Waals surface area contributed by atoms with E-state index < -0.39 is 0 Å². The van der Waals surface area contributed by atoms with Gasteiger partial charge in [0.1, 0.15) is 12.1 Å². The quantitative estimate of drug-likeness (QED) is 0.795. The summed E-state index contributed by atoms with van der Waals surface area (Å²) in [5, 5.41) is 4.45. The minimum absolute atomic E-state index is 0.133. The van der Waals surface area contributed by atoms with E-state index in [-0.39, 0.29) is 11.9 Å². The molecule has 0 atom stereocenters. The molecule has 1 saturated carbocycles. The summed E-state index contributed by atoms with van der Waals surface area (Å²) in [7, 11) is 0. The zero-order valence-electron chi connectivity index (χ0n) is 12.8. The van der Waals surface area contributed by atoms with E-state index in [1.807, 2.05) is 23.1 Å². The van der Waals surface area contributed by atoms with E-state index >= 15 is 0 Å². The first kappa shape index (κ1) is 13.9. The molecule has 0 spiro atoms. The number of hydrogen-bond acceptors (Lipinski definition) is 6. The molecular weight excluding hydrogens is 322 g/mol. The summed E-state index contributed by atoms with van der Waals surface area (Å²) in [6.07, 6.45) is 5.52. The van der Waals surface area contributed by atoms with E-state index in [1.54, 1.807) is 17.5 Å². The SMILES string of the molecule is O=C1Cc2cncnc2N1C1CC(Nc2nc3ccccc3s2)C1. The molecule has 1 aliphatic heterocycles. The number of carbonyl (C=O) groups excluding carboxylic acids is 1. The van der Waals surface area contributed by atoms with Crippen molar-refractivity contribution in [2.75, 3.05) is 10.2 Å². The number of anilines is 2. The van der Waals surface area contributed by atoms with Crippen LogP contribution in [0.1, 0.15) is 18.4 Å². The van der Waals surface area contributed by atoms with Crippen molar-refractivity contribution in [2.45, 2.75) is 31.3 Å². The Morgan fingerprint density at radius 1 is 1.25 bits per heavy atom. The van der Waals surface area contributed by atoms with Crippen molar-refractivity contribution in [3.05, 3.63) is 42.4 Å². The molecule has 3 heterocycles. The Balaban J connectivity index is 1.28. The third kappa shape index (κ3) is 2.16. The summed E-state index contributed by atoms with van der Waals surface area (Å²) >= 11 is 1.67. The standard InChI is InChI=1S/C17H15N5OS/c23-15-5-10-8-18-9-19-16(10)22(15)12-6-11(7-12)20-17-21-13-3-1-2-4-14(13)24-17/h1-4,8-9,11-12H,5-7H2,(H,20,21). The van der Waals surface area contributed by atoms with Gasteiger partial charge in [-0.05, 0) is 25.0 Å². The Hall–Kier alpha value is -2.54.